The van der Waals surface area contributed by atoms with Crippen LogP contribution in [0.4, 0.5) is 0 Å². The van der Waals surface area contributed by atoms with Gasteiger partial charge in [-0.25, -0.2) is 13.4 Å². The van der Waals surface area contributed by atoms with Crippen LogP contribution in [0.5, 0.6) is 0 Å². The van der Waals surface area contributed by atoms with E-state index in [9.17, 15) is 13.2 Å². The van der Waals surface area contributed by atoms with E-state index in [-0.39, 0.29) is 16.6 Å². The van der Waals surface area contributed by atoms with Crippen LogP contribution in [0, 0.1) is 6.92 Å². The van der Waals surface area contributed by atoms with Crippen molar-refractivity contribution in [2.75, 3.05) is 0 Å². The smallest absolute Gasteiger partial charge is 0.251 e. The predicted molar refractivity (Wildman–Crippen MR) is 112 cm³/mol. The van der Waals surface area contributed by atoms with E-state index in [0.29, 0.717) is 23.4 Å². The molecule has 4 aromatic rings. The molecule has 3 aromatic heterocycles. The van der Waals surface area contributed by atoms with E-state index in [2.05, 4.69) is 15.4 Å². The van der Waals surface area contributed by atoms with Gasteiger partial charge in [-0.1, -0.05) is 0 Å². The molecule has 8 nitrogen and oxygen atoms in total. The minimum absolute atomic E-state index is 0.184. The average Bonchev–Trinajstić information content (AvgIpc) is 3.33. The summed E-state index contributed by atoms with van der Waals surface area (Å²) >= 11 is 0. The number of hydrogen-bond acceptors (Lipinski definition) is 5. The molecule has 1 N–H and O–H groups in total. The van der Waals surface area contributed by atoms with Gasteiger partial charge >= 0.3 is 0 Å². The summed E-state index contributed by atoms with van der Waals surface area (Å²) in [5.41, 5.74) is 3.14. The molecule has 0 unspecified atom stereocenters. The van der Waals surface area contributed by atoms with Gasteiger partial charge in [-0.05, 0) is 54.4 Å². The van der Waals surface area contributed by atoms with Gasteiger partial charge in [-0.2, -0.15) is 5.10 Å². The molecule has 0 fully saturated rings. The molecule has 1 amide bonds. The first kappa shape index (κ1) is 19.8. The van der Waals surface area contributed by atoms with Crippen molar-refractivity contribution in [3.8, 4) is 0 Å². The number of carbonyl (C=O) groups is 1. The zero-order valence-corrected chi connectivity index (χ0v) is 17.4. The topological polar surface area (TPSA) is 98.4 Å². The van der Waals surface area contributed by atoms with Crippen LogP contribution >= 0.6 is 0 Å². The molecule has 0 aliphatic carbocycles. The summed E-state index contributed by atoms with van der Waals surface area (Å²) in [6, 6.07) is 10.1. The van der Waals surface area contributed by atoms with Crippen LogP contribution in [0.15, 0.2) is 66.1 Å². The van der Waals surface area contributed by atoms with Crippen LogP contribution in [0.2, 0.25) is 0 Å². The molecule has 0 radical (unpaired) electrons. The Bertz CT molecular complexity index is 1340. The Morgan fingerprint density at radius 3 is 2.67 bits per heavy atom. The van der Waals surface area contributed by atoms with Gasteiger partial charge in [0.25, 0.3) is 5.91 Å². The third kappa shape index (κ3) is 4.11. The Hall–Kier alpha value is -3.46. The molecule has 4 rings (SSSR count). The third-order valence-electron chi connectivity index (χ3n) is 4.79. The molecule has 30 heavy (non-hydrogen) atoms. The summed E-state index contributed by atoms with van der Waals surface area (Å²) < 4.78 is 29.0. The van der Waals surface area contributed by atoms with E-state index in [1.165, 1.54) is 12.1 Å². The Morgan fingerprint density at radius 2 is 1.93 bits per heavy atom. The summed E-state index contributed by atoms with van der Waals surface area (Å²) in [6.45, 7) is 2.04. The maximum absolute atomic E-state index is 12.8. The number of benzene rings is 1. The van der Waals surface area contributed by atoms with Crippen molar-refractivity contribution in [1.29, 1.82) is 0 Å². The molecular formula is C21H21N5O3S. The van der Waals surface area contributed by atoms with Gasteiger partial charge < -0.3 is 9.72 Å². The lowest BCUT2D eigenvalue weighted by molar-refractivity contribution is 0.0950. The van der Waals surface area contributed by atoms with Crippen molar-refractivity contribution in [3.05, 3.63) is 83.6 Å². The van der Waals surface area contributed by atoms with Crippen molar-refractivity contribution < 1.29 is 13.2 Å². The van der Waals surface area contributed by atoms with Crippen molar-refractivity contribution in [3.63, 3.8) is 0 Å². The number of aromatic nitrogens is 4. The second-order valence-electron chi connectivity index (χ2n) is 7.13. The summed E-state index contributed by atoms with van der Waals surface area (Å²) in [5.74, 6) is -0.453. The number of sulfone groups is 1. The van der Waals surface area contributed by atoms with Gasteiger partial charge in [0.15, 0.2) is 9.84 Å². The van der Waals surface area contributed by atoms with Crippen molar-refractivity contribution in [2.24, 2.45) is 7.05 Å². The number of nitrogens with zero attached hydrogens (tertiary/aromatic N) is 4. The van der Waals surface area contributed by atoms with E-state index in [1.54, 1.807) is 43.2 Å². The zero-order valence-electron chi connectivity index (χ0n) is 16.6. The normalized spacial score (nSPS) is 11.7. The van der Waals surface area contributed by atoms with E-state index in [1.807, 2.05) is 28.9 Å². The SMILES string of the molecule is Cc1cc(C(=O)NCc2ccn3ccnc3c2)ccc1S(=O)(=O)Cc1ccn(C)n1. The van der Waals surface area contributed by atoms with Crippen LogP contribution in [0.25, 0.3) is 5.65 Å². The highest BCUT2D eigenvalue weighted by Crippen LogP contribution is 2.21. The fourth-order valence-corrected chi connectivity index (χ4v) is 4.82. The molecule has 1 aromatic carbocycles. The van der Waals surface area contributed by atoms with E-state index in [4.69, 9.17) is 0 Å². The summed E-state index contributed by atoms with van der Waals surface area (Å²) in [7, 11) is -1.82. The van der Waals surface area contributed by atoms with E-state index >= 15 is 0 Å². The van der Waals surface area contributed by atoms with Crippen molar-refractivity contribution >= 4 is 21.4 Å². The number of rotatable bonds is 6. The highest BCUT2D eigenvalue weighted by Gasteiger charge is 2.20. The van der Waals surface area contributed by atoms with E-state index in [0.717, 1.165) is 11.2 Å². The molecule has 0 aliphatic rings. The Balaban J connectivity index is 1.47. The molecule has 3 heterocycles. The average molecular weight is 423 g/mol. The number of amides is 1. The number of carbonyl (C=O) groups excluding carboxylic acids is 1. The molecule has 0 atom stereocenters. The molecule has 154 valence electrons. The minimum atomic E-state index is -3.56. The highest BCUT2D eigenvalue weighted by atomic mass is 32.2. The molecule has 0 saturated heterocycles. The van der Waals surface area contributed by atoms with Crippen LogP contribution in [-0.2, 0) is 29.2 Å². The molecule has 0 aliphatic heterocycles. The van der Waals surface area contributed by atoms with Gasteiger partial charge in [0.2, 0.25) is 0 Å². The minimum Gasteiger partial charge on any atom is -0.348 e. The number of hydrogen-bond donors (Lipinski definition) is 1. The lowest BCUT2D eigenvalue weighted by atomic mass is 10.1. The van der Waals surface area contributed by atoms with Gasteiger partial charge in [0.05, 0.1) is 16.3 Å². The van der Waals surface area contributed by atoms with Crippen molar-refractivity contribution in [2.45, 2.75) is 24.1 Å². The van der Waals surface area contributed by atoms with E-state index < -0.39 is 9.84 Å². The van der Waals surface area contributed by atoms with Crippen LogP contribution in [-0.4, -0.2) is 33.5 Å². The lowest BCUT2D eigenvalue weighted by Gasteiger charge is -2.10. The number of aryl methyl sites for hydroxylation is 2. The molecule has 0 saturated carbocycles. The van der Waals surface area contributed by atoms with Crippen LogP contribution < -0.4 is 5.32 Å². The monoisotopic (exact) mass is 423 g/mol. The number of nitrogens with one attached hydrogen (secondary N) is 1. The van der Waals surface area contributed by atoms with Gasteiger partial charge in [0.1, 0.15) is 5.65 Å². The number of pyridine rings is 1. The Kier molecular flexibility index (Phi) is 5.13. The highest BCUT2D eigenvalue weighted by molar-refractivity contribution is 7.90. The fourth-order valence-electron chi connectivity index (χ4n) is 3.30. The summed E-state index contributed by atoms with van der Waals surface area (Å²) in [5, 5.41) is 6.99. The first-order valence-electron chi connectivity index (χ1n) is 9.33. The number of imidazole rings is 1. The van der Waals surface area contributed by atoms with Crippen molar-refractivity contribution in [1.82, 2.24) is 24.5 Å². The van der Waals surface area contributed by atoms with Gasteiger partial charge in [-0.15, -0.1) is 0 Å². The molecular weight excluding hydrogens is 402 g/mol. The van der Waals surface area contributed by atoms with Crippen LogP contribution in [0.1, 0.15) is 27.2 Å². The predicted octanol–water partition coefficient (Wildman–Crippen LogP) is 2.28. The van der Waals surface area contributed by atoms with Gasteiger partial charge in [0, 0.05) is 43.9 Å². The number of fused-ring (bicyclic) bond motifs is 1. The fraction of sp³-hybridized carbons (Fsp3) is 0.190. The standard InChI is InChI=1S/C21H21N5O3S/c1-15-11-17(3-4-19(15)30(28,29)14-18-6-8-25(2)24-18)21(27)23-13-16-5-9-26-10-7-22-20(26)12-16/h3-12H,13-14H2,1-2H3,(H,23,27). The quantitative estimate of drug-likeness (QED) is 0.513. The second kappa shape index (κ2) is 7.75. The summed E-state index contributed by atoms with van der Waals surface area (Å²) in [4.78, 5) is 17.0. The largest absolute Gasteiger partial charge is 0.348 e. The van der Waals surface area contributed by atoms with Gasteiger partial charge in [-0.3, -0.25) is 9.48 Å². The Morgan fingerprint density at radius 1 is 1.10 bits per heavy atom. The molecule has 0 spiro atoms. The molecule has 9 heteroatoms. The maximum atomic E-state index is 12.8. The first-order chi connectivity index (χ1) is 14.3. The first-order valence-corrected chi connectivity index (χ1v) is 11.0. The maximum Gasteiger partial charge on any atom is 0.251 e. The molecule has 0 bridgehead atoms. The van der Waals surface area contributed by atoms with Crippen LogP contribution in [0.3, 0.4) is 0 Å². The summed E-state index contributed by atoms with van der Waals surface area (Å²) in [6.07, 6.45) is 7.15. The Labute approximate surface area is 174 Å². The second-order valence-corrected chi connectivity index (χ2v) is 9.09. The lowest BCUT2D eigenvalue weighted by Crippen LogP contribution is -2.23. The zero-order chi connectivity index (χ0) is 21.3. The third-order valence-corrected chi connectivity index (χ3v) is 6.60.